The van der Waals surface area contributed by atoms with Crippen LogP contribution in [0.25, 0.3) is 0 Å². The van der Waals surface area contributed by atoms with E-state index in [0.717, 1.165) is 51.1 Å². The zero-order chi connectivity index (χ0) is 18.4. The molecule has 1 aliphatic carbocycles. The summed E-state index contributed by atoms with van der Waals surface area (Å²) >= 11 is 0. The molecule has 1 heterocycles. The molecule has 1 aromatic carbocycles. The molecule has 2 fully saturated rings. The minimum atomic E-state index is 0.456. The second-order valence-corrected chi connectivity index (χ2v) is 7.73. The first kappa shape index (κ1) is 19.0. The molecule has 1 atom stereocenters. The summed E-state index contributed by atoms with van der Waals surface area (Å²) in [6, 6.07) is 12.6. The van der Waals surface area contributed by atoms with Gasteiger partial charge in [0, 0.05) is 50.0 Å². The Morgan fingerprint density at radius 2 is 2.00 bits per heavy atom. The van der Waals surface area contributed by atoms with Crippen LogP contribution in [0.3, 0.4) is 0 Å². The van der Waals surface area contributed by atoms with Gasteiger partial charge in [-0.05, 0) is 52.2 Å². The molecule has 3 rings (SSSR count). The predicted molar refractivity (Wildman–Crippen MR) is 111 cm³/mol. The highest BCUT2D eigenvalue weighted by Crippen LogP contribution is 2.28. The van der Waals surface area contributed by atoms with Gasteiger partial charge in [-0.15, -0.1) is 0 Å². The van der Waals surface area contributed by atoms with E-state index < -0.39 is 0 Å². The SMILES string of the molecule is CCNC(=NCCN(C(C)C)C1CC1)NC1CCN(c2ccccc2)C1. The number of para-hydroxylation sites is 1. The molecule has 2 N–H and O–H groups in total. The Bertz CT molecular complexity index is 565. The van der Waals surface area contributed by atoms with E-state index in [1.807, 2.05) is 0 Å². The highest BCUT2D eigenvalue weighted by Gasteiger charge is 2.30. The first-order valence-electron chi connectivity index (χ1n) is 10.3. The molecule has 144 valence electrons. The minimum absolute atomic E-state index is 0.456. The van der Waals surface area contributed by atoms with Gasteiger partial charge in [0.25, 0.3) is 0 Å². The number of nitrogens with one attached hydrogen (secondary N) is 2. The Kier molecular flexibility index (Phi) is 6.78. The number of benzene rings is 1. The van der Waals surface area contributed by atoms with E-state index in [9.17, 15) is 0 Å². The lowest BCUT2D eigenvalue weighted by molar-refractivity contribution is 0.218. The first-order valence-corrected chi connectivity index (χ1v) is 10.3. The molecule has 5 nitrogen and oxygen atoms in total. The third-order valence-corrected chi connectivity index (χ3v) is 5.30. The molecule has 1 saturated heterocycles. The average Bonchev–Trinajstić information content (AvgIpc) is 3.37. The number of rotatable bonds is 8. The third kappa shape index (κ3) is 5.37. The van der Waals surface area contributed by atoms with Crippen molar-refractivity contribution < 1.29 is 0 Å². The Balaban J connectivity index is 1.50. The van der Waals surface area contributed by atoms with Crippen LogP contribution in [-0.4, -0.2) is 61.7 Å². The van der Waals surface area contributed by atoms with Gasteiger partial charge in [0.1, 0.15) is 0 Å². The zero-order valence-corrected chi connectivity index (χ0v) is 16.6. The van der Waals surface area contributed by atoms with Crippen molar-refractivity contribution in [2.24, 2.45) is 4.99 Å². The van der Waals surface area contributed by atoms with Crippen molar-refractivity contribution in [3.63, 3.8) is 0 Å². The first-order chi connectivity index (χ1) is 12.7. The number of hydrogen-bond donors (Lipinski definition) is 2. The maximum Gasteiger partial charge on any atom is 0.191 e. The monoisotopic (exact) mass is 357 g/mol. The lowest BCUT2D eigenvalue weighted by Crippen LogP contribution is -2.45. The fourth-order valence-electron chi connectivity index (χ4n) is 3.81. The Morgan fingerprint density at radius 1 is 1.23 bits per heavy atom. The number of anilines is 1. The average molecular weight is 358 g/mol. The maximum atomic E-state index is 4.84. The van der Waals surface area contributed by atoms with Gasteiger partial charge >= 0.3 is 0 Å². The van der Waals surface area contributed by atoms with Crippen molar-refractivity contribution in [1.29, 1.82) is 0 Å². The lowest BCUT2D eigenvalue weighted by atomic mass is 10.2. The van der Waals surface area contributed by atoms with Gasteiger partial charge in [0.15, 0.2) is 5.96 Å². The van der Waals surface area contributed by atoms with E-state index in [1.165, 1.54) is 18.5 Å². The summed E-state index contributed by atoms with van der Waals surface area (Å²) in [6.45, 7) is 11.7. The Hall–Kier alpha value is -1.75. The predicted octanol–water partition coefficient (Wildman–Crippen LogP) is 2.69. The quantitative estimate of drug-likeness (QED) is 0.555. The molecule has 0 spiro atoms. The summed E-state index contributed by atoms with van der Waals surface area (Å²) in [5.74, 6) is 0.965. The van der Waals surface area contributed by atoms with Gasteiger partial charge in [-0.25, -0.2) is 0 Å². The van der Waals surface area contributed by atoms with Gasteiger partial charge in [0.2, 0.25) is 0 Å². The molecule has 0 aromatic heterocycles. The van der Waals surface area contributed by atoms with Gasteiger partial charge < -0.3 is 15.5 Å². The molecule has 0 amide bonds. The summed E-state index contributed by atoms with van der Waals surface area (Å²) < 4.78 is 0. The molecule has 5 heteroatoms. The highest BCUT2D eigenvalue weighted by molar-refractivity contribution is 5.80. The second-order valence-electron chi connectivity index (χ2n) is 7.73. The summed E-state index contributed by atoms with van der Waals surface area (Å²) in [5, 5.41) is 7.06. The van der Waals surface area contributed by atoms with Crippen molar-refractivity contribution in [3.05, 3.63) is 30.3 Å². The molecule has 1 aromatic rings. The van der Waals surface area contributed by atoms with Crippen molar-refractivity contribution in [1.82, 2.24) is 15.5 Å². The van der Waals surface area contributed by atoms with Crippen molar-refractivity contribution in [2.75, 3.05) is 37.6 Å². The maximum absolute atomic E-state index is 4.84. The minimum Gasteiger partial charge on any atom is -0.369 e. The summed E-state index contributed by atoms with van der Waals surface area (Å²) in [5.41, 5.74) is 1.32. The Labute approximate surface area is 158 Å². The van der Waals surface area contributed by atoms with Gasteiger partial charge in [0.05, 0.1) is 6.54 Å². The van der Waals surface area contributed by atoms with Crippen LogP contribution in [0.5, 0.6) is 0 Å². The van der Waals surface area contributed by atoms with Crippen molar-refractivity contribution in [2.45, 2.75) is 58.2 Å². The second kappa shape index (κ2) is 9.26. The zero-order valence-electron chi connectivity index (χ0n) is 16.6. The fraction of sp³-hybridized carbons (Fsp3) is 0.667. The molecule has 0 radical (unpaired) electrons. The fourth-order valence-corrected chi connectivity index (χ4v) is 3.81. The molecule has 1 aliphatic heterocycles. The van der Waals surface area contributed by atoms with E-state index in [0.29, 0.717) is 12.1 Å². The molecule has 1 unspecified atom stereocenters. The Morgan fingerprint density at radius 3 is 2.65 bits per heavy atom. The largest absolute Gasteiger partial charge is 0.369 e. The van der Waals surface area contributed by atoms with E-state index in [4.69, 9.17) is 4.99 Å². The van der Waals surface area contributed by atoms with Gasteiger partial charge in [-0.3, -0.25) is 9.89 Å². The molecule has 1 saturated carbocycles. The van der Waals surface area contributed by atoms with Crippen LogP contribution < -0.4 is 15.5 Å². The molecular weight excluding hydrogens is 322 g/mol. The lowest BCUT2D eigenvalue weighted by Gasteiger charge is -2.25. The smallest absolute Gasteiger partial charge is 0.191 e. The van der Waals surface area contributed by atoms with Crippen LogP contribution in [0, 0.1) is 0 Å². The van der Waals surface area contributed by atoms with Crippen LogP contribution in [-0.2, 0) is 0 Å². The summed E-state index contributed by atoms with van der Waals surface area (Å²) in [7, 11) is 0. The van der Waals surface area contributed by atoms with Crippen molar-refractivity contribution >= 4 is 11.6 Å². The summed E-state index contributed by atoms with van der Waals surface area (Å²) in [4.78, 5) is 9.89. The van der Waals surface area contributed by atoms with Crippen LogP contribution in [0.4, 0.5) is 5.69 Å². The van der Waals surface area contributed by atoms with E-state index >= 15 is 0 Å². The normalized spacial score (nSPS) is 20.9. The number of nitrogens with zero attached hydrogens (tertiary/aromatic N) is 3. The molecule has 0 bridgehead atoms. The number of guanidine groups is 1. The highest BCUT2D eigenvalue weighted by atomic mass is 15.3. The van der Waals surface area contributed by atoms with E-state index in [2.05, 4.69) is 71.5 Å². The van der Waals surface area contributed by atoms with Crippen LogP contribution in [0.15, 0.2) is 35.3 Å². The number of aliphatic imine (C=N–C) groups is 1. The van der Waals surface area contributed by atoms with Crippen LogP contribution in [0.1, 0.15) is 40.0 Å². The third-order valence-electron chi connectivity index (χ3n) is 5.30. The molecule has 2 aliphatic rings. The number of hydrogen-bond acceptors (Lipinski definition) is 3. The van der Waals surface area contributed by atoms with Crippen molar-refractivity contribution in [3.8, 4) is 0 Å². The van der Waals surface area contributed by atoms with Gasteiger partial charge in [-0.2, -0.15) is 0 Å². The molecular formula is C21H35N5. The van der Waals surface area contributed by atoms with E-state index in [-0.39, 0.29) is 0 Å². The van der Waals surface area contributed by atoms with Gasteiger partial charge in [-0.1, -0.05) is 18.2 Å². The topological polar surface area (TPSA) is 42.9 Å². The van der Waals surface area contributed by atoms with Crippen LogP contribution >= 0.6 is 0 Å². The van der Waals surface area contributed by atoms with Crippen LogP contribution in [0.2, 0.25) is 0 Å². The van der Waals surface area contributed by atoms with E-state index in [1.54, 1.807) is 0 Å². The standard InChI is InChI=1S/C21H35N5/c1-4-22-21(23-13-15-26(17(2)3)20-10-11-20)24-18-12-14-25(16-18)19-8-6-5-7-9-19/h5-9,17-18,20H,4,10-16H2,1-3H3,(H2,22,23,24). The molecule has 26 heavy (non-hydrogen) atoms. The summed E-state index contributed by atoms with van der Waals surface area (Å²) in [6.07, 6.45) is 3.87.